The van der Waals surface area contributed by atoms with E-state index in [0.29, 0.717) is 0 Å². The Morgan fingerprint density at radius 1 is 1.39 bits per heavy atom. The summed E-state index contributed by atoms with van der Waals surface area (Å²) in [5.41, 5.74) is 1.44. The molecule has 1 aromatic carbocycles. The zero-order chi connectivity index (χ0) is 13.2. The fourth-order valence-electron chi connectivity index (χ4n) is 2.61. The fourth-order valence-corrected chi connectivity index (χ4v) is 3.28. The molecule has 2 rings (SSSR count). The molecule has 1 N–H and O–H groups in total. The van der Waals surface area contributed by atoms with Crippen molar-refractivity contribution in [2.45, 2.75) is 32.2 Å². The SMILES string of the molecule is CCC1(CC)CN(c2cc(Cl)ccc2Br)CCN1. The van der Waals surface area contributed by atoms with Crippen LogP contribution in [0.1, 0.15) is 26.7 Å². The molecule has 0 atom stereocenters. The molecule has 0 unspecified atom stereocenters. The molecule has 2 nitrogen and oxygen atoms in total. The normalized spacial score (nSPS) is 19.0. The first-order chi connectivity index (χ1) is 8.60. The maximum atomic E-state index is 6.11. The Labute approximate surface area is 123 Å². The summed E-state index contributed by atoms with van der Waals surface area (Å²) in [6.07, 6.45) is 2.30. The second-order valence-corrected chi connectivity index (χ2v) is 6.22. The number of piperazine rings is 1. The molecule has 0 radical (unpaired) electrons. The lowest BCUT2D eigenvalue weighted by atomic mass is 9.90. The van der Waals surface area contributed by atoms with Gasteiger partial charge in [-0.2, -0.15) is 0 Å². The van der Waals surface area contributed by atoms with Crippen molar-refractivity contribution in [1.29, 1.82) is 0 Å². The van der Waals surface area contributed by atoms with Gasteiger partial charge in [0, 0.05) is 34.7 Å². The van der Waals surface area contributed by atoms with Crippen LogP contribution < -0.4 is 10.2 Å². The van der Waals surface area contributed by atoms with Crippen molar-refractivity contribution in [3.63, 3.8) is 0 Å². The first-order valence-corrected chi connectivity index (χ1v) is 7.72. The van der Waals surface area contributed by atoms with E-state index in [4.69, 9.17) is 11.6 Å². The van der Waals surface area contributed by atoms with Gasteiger partial charge in [-0.3, -0.25) is 0 Å². The van der Waals surface area contributed by atoms with Crippen LogP contribution in [-0.4, -0.2) is 25.2 Å². The third-order valence-corrected chi connectivity index (χ3v) is 4.88. The van der Waals surface area contributed by atoms with E-state index in [2.05, 4.69) is 40.0 Å². The predicted molar refractivity (Wildman–Crippen MR) is 82.7 cm³/mol. The van der Waals surface area contributed by atoms with Gasteiger partial charge in [0.1, 0.15) is 0 Å². The van der Waals surface area contributed by atoms with Crippen molar-refractivity contribution < 1.29 is 0 Å². The molecule has 1 heterocycles. The molecule has 18 heavy (non-hydrogen) atoms. The van der Waals surface area contributed by atoms with Gasteiger partial charge in [-0.25, -0.2) is 0 Å². The number of anilines is 1. The number of hydrogen-bond donors (Lipinski definition) is 1. The Hall–Kier alpha value is -0.250. The molecule has 1 aliphatic rings. The van der Waals surface area contributed by atoms with Gasteiger partial charge in [-0.1, -0.05) is 25.4 Å². The van der Waals surface area contributed by atoms with E-state index in [-0.39, 0.29) is 5.54 Å². The lowest BCUT2D eigenvalue weighted by molar-refractivity contribution is 0.277. The van der Waals surface area contributed by atoms with Crippen LogP contribution in [0, 0.1) is 0 Å². The van der Waals surface area contributed by atoms with Crippen molar-refractivity contribution in [3.05, 3.63) is 27.7 Å². The zero-order valence-corrected chi connectivity index (χ0v) is 13.3. The van der Waals surface area contributed by atoms with Gasteiger partial charge in [0.2, 0.25) is 0 Å². The third-order valence-electron chi connectivity index (χ3n) is 3.98. The number of halogens is 2. The van der Waals surface area contributed by atoms with Crippen LogP contribution in [0.5, 0.6) is 0 Å². The highest BCUT2D eigenvalue weighted by Crippen LogP contribution is 2.32. The molecule has 0 aliphatic carbocycles. The Bertz CT molecular complexity index is 418. The highest BCUT2D eigenvalue weighted by molar-refractivity contribution is 9.10. The summed E-state index contributed by atoms with van der Waals surface area (Å²) in [6, 6.07) is 6.00. The van der Waals surface area contributed by atoms with E-state index < -0.39 is 0 Å². The quantitative estimate of drug-likeness (QED) is 0.898. The average Bonchev–Trinajstić information content (AvgIpc) is 2.41. The van der Waals surface area contributed by atoms with E-state index in [1.165, 1.54) is 5.69 Å². The molecule has 0 amide bonds. The van der Waals surface area contributed by atoms with Gasteiger partial charge in [0.05, 0.1) is 5.69 Å². The minimum absolute atomic E-state index is 0.236. The summed E-state index contributed by atoms with van der Waals surface area (Å²) in [5, 5.41) is 4.47. The van der Waals surface area contributed by atoms with Crippen LogP contribution >= 0.6 is 27.5 Å². The van der Waals surface area contributed by atoms with Crippen molar-refractivity contribution in [3.8, 4) is 0 Å². The summed E-state index contributed by atoms with van der Waals surface area (Å²) < 4.78 is 1.12. The van der Waals surface area contributed by atoms with Crippen molar-refractivity contribution in [2.24, 2.45) is 0 Å². The van der Waals surface area contributed by atoms with Crippen molar-refractivity contribution in [2.75, 3.05) is 24.5 Å². The molecule has 0 spiro atoms. The molecule has 0 bridgehead atoms. The number of benzene rings is 1. The molecular weight excluding hydrogens is 312 g/mol. The van der Waals surface area contributed by atoms with E-state index in [0.717, 1.165) is 42.0 Å². The molecule has 1 aromatic rings. The number of nitrogens with zero attached hydrogens (tertiary/aromatic N) is 1. The molecule has 1 aliphatic heterocycles. The average molecular weight is 332 g/mol. The second kappa shape index (κ2) is 5.81. The van der Waals surface area contributed by atoms with E-state index in [9.17, 15) is 0 Å². The van der Waals surface area contributed by atoms with Gasteiger partial charge >= 0.3 is 0 Å². The lowest BCUT2D eigenvalue weighted by Gasteiger charge is -2.44. The zero-order valence-electron chi connectivity index (χ0n) is 11.0. The van der Waals surface area contributed by atoms with Crippen LogP contribution in [0.4, 0.5) is 5.69 Å². The highest BCUT2D eigenvalue weighted by Gasteiger charge is 2.32. The maximum Gasteiger partial charge on any atom is 0.0526 e. The Morgan fingerprint density at radius 3 is 2.78 bits per heavy atom. The highest BCUT2D eigenvalue weighted by atomic mass is 79.9. The third kappa shape index (κ3) is 2.84. The van der Waals surface area contributed by atoms with Gasteiger partial charge < -0.3 is 10.2 Å². The summed E-state index contributed by atoms with van der Waals surface area (Å²) in [4.78, 5) is 2.43. The molecule has 1 saturated heterocycles. The Balaban J connectivity index is 2.25. The van der Waals surface area contributed by atoms with Crippen molar-refractivity contribution >= 4 is 33.2 Å². The van der Waals surface area contributed by atoms with Gasteiger partial charge in [-0.05, 0) is 47.0 Å². The first kappa shape index (κ1) is 14.2. The van der Waals surface area contributed by atoms with Crippen molar-refractivity contribution in [1.82, 2.24) is 5.32 Å². The number of rotatable bonds is 3. The monoisotopic (exact) mass is 330 g/mol. The van der Waals surface area contributed by atoms with E-state index in [1.807, 2.05) is 18.2 Å². The van der Waals surface area contributed by atoms with Gasteiger partial charge in [0.15, 0.2) is 0 Å². The Kier molecular flexibility index (Phi) is 4.57. The largest absolute Gasteiger partial charge is 0.367 e. The molecule has 100 valence electrons. The molecular formula is C14H20BrClN2. The van der Waals surface area contributed by atoms with E-state index in [1.54, 1.807) is 0 Å². The Morgan fingerprint density at radius 2 is 2.11 bits per heavy atom. The second-order valence-electron chi connectivity index (χ2n) is 4.93. The van der Waals surface area contributed by atoms with Crippen LogP contribution in [0.25, 0.3) is 0 Å². The van der Waals surface area contributed by atoms with Crippen LogP contribution in [0.15, 0.2) is 22.7 Å². The summed E-state index contributed by atoms with van der Waals surface area (Å²) in [6.45, 7) is 7.61. The van der Waals surface area contributed by atoms with Gasteiger partial charge in [0.25, 0.3) is 0 Å². The summed E-state index contributed by atoms with van der Waals surface area (Å²) in [5.74, 6) is 0. The van der Waals surface area contributed by atoms with Crippen LogP contribution in [0.3, 0.4) is 0 Å². The molecule has 0 saturated carbocycles. The first-order valence-electron chi connectivity index (χ1n) is 6.55. The maximum absolute atomic E-state index is 6.11. The standard InChI is InChI=1S/C14H20BrClN2/c1-3-14(4-2)10-18(8-7-17-14)13-9-11(16)5-6-12(13)15/h5-6,9,17H,3-4,7-8,10H2,1-2H3. The minimum Gasteiger partial charge on any atom is -0.367 e. The molecule has 1 fully saturated rings. The fraction of sp³-hybridized carbons (Fsp3) is 0.571. The summed E-state index contributed by atoms with van der Waals surface area (Å²) >= 11 is 9.74. The number of hydrogen-bond acceptors (Lipinski definition) is 2. The smallest absolute Gasteiger partial charge is 0.0526 e. The lowest BCUT2D eigenvalue weighted by Crippen LogP contribution is -2.60. The minimum atomic E-state index is 0.236. The van der Waals surface area contributed by atoms with E-state index >= 15 is 0 Å². The number of nitrogens with one attached hydrogen (secondary N) is 1. The van der Waals surface area contributed by atoms with Gasteiger partial charge in [-0.15, -0.1) is 0 Å². The summed E-state index contributed by atoms with van der Waals surface area (Å²) in [7, 11) is 0. The predicted octanol–water partition coefficient (Wildman–Crippen LogP) is 4.07. The molecule has 0 aromatic heterocycles. The van der Waals surface area contributed by atoms with Crippen LogP contribution in [-0.2, 0) is 0 Å². The topological polar surface area (TPSA) is 15.3 Å². The van der Waals surface area contributed by atoms with Crippen LogP contribution in [0.2, 0.25) is 5.02 Å². The molecule has 4 heteroatoms.